The second-order valence-corrected chi connectivity index (χ2v) is 7.24. The van der Waals surface area contributed by atoms with E-state index < -0.39 is 0 Å². The van der Waals surface area contributed by atoms with Gasteiger partial charge in [0.15, 0.2) is 0 Å². The van der Waals surface area contributed by atoms with Crippen molar-refractivity contribution in [2.75, 3.05) is 6.54 Å². The SMILES string of the molecule is CCCNC(Cn1c(C)nc2c1CCCC2)C(C)(C)C. The molecule has 114 valence electrons. The molecule has 20 heavy (non-hydrogen) atoms. The molecule has 3 nitrogen and oxygen atoms in total. The summed E-state index contributed by atoms with van der Waals surface area (Å²) in [6.07, 6.45) is 6.20. The van der Waals surface area contributed by atoms with E-state index in [2.05, 4.69) is 44.5 Å². The molecule has 1 aliphatic carbocycles. The molecular weight excluding hydrogens is 246 g/mol. The molecule has 0 bridgehead atoms. The van der Waals surface area contributed by atoms with Crippen LogP contribution in [0.4, 0.5) is 0 Å². The third-order valence-corrected chi connectivity index (χ3v) is 4.47. The molecule has 0 spiro atoms. The Balaban J connectivity index is 2.20. The van der Waals surface area contributed by atoms with Gasteiger partial charge in [0.05, 0.1) is 5.69 Å². The van der Waals surface area contributed by atoms with Gasteiger partial charge in [0, 0.05) is 18.3 Å². The minimum atomic E-state index is 0.271. The minimum Gasteiger partial charge on any atom is -0.330 e. The van der Waals surface area contributed by atoms with Gasteiger partial charge in [0.1, 0.15) is 5.82 Å². The first-order valence-corrected chi connectivity index (χ1v) is 8.21. The van der Waals surface area contributed by atoms with Crippen LogP contribution in [-0.4, -0.2) is 22.1 Å². The quantitative estimate of drug-likeness (QED) is 0.893. The average molecular weight is 277 g/mol. The highest BCUT2D eigenvalue weighted by molar-refractivity contribution is 5.20. The third-order valence-electron chi connectivity index (χ3n) is 4.47. The van der Waals surface area contributed by atoms with Crippen molar-refractivity contribution in [1.29, 1.82) is 0 Å². The van der Waals surface area contributed by atoms with Gasteiger partial charge in [0.2, 0.25) is 0 Å². The monoisotopic (exact) mass is 277 g/mol. The lowest BCUT2D eigenvalue weighted by Gasteiger charge is -2.33. The van der Waals surface area contributed by atoms with Crippen molar-refractivity contribution >= 4 is 0 Å². The summed E-state index contributed by atoms with van der Waals surface area (Å²) >= 11 is 0. The van der Waals surface area contributed by atoms with Crippen LogP contribution in [0.2, 0.25) is 0 Å². The largest absolute Gasteiger partial charge is 0.330 e. The van der Waals surface area contributed by atoms with Gasteiger partial charge >= 0.3 is 0 Å². The number of nitrogens with zero attached hydrogens (tertiary/aromatic N) is 2. The van der Waals surface area contributed by atoms with Gasteiger partial charge in [-0.05, 0) is 51.0 Å². The first-order valence-electron chi connectivity index (χ1n) is 8.21. The van der Waals surface area contributed by atoms with Crippen molar-refractivity contribution in [3.8, 4) is 0 Å². The van der Waals surface area contributed by atoms with Gasteiger partial charge < -0.3 is 9.88 Å². The van der Waals surface area contributed by atoms with E-state index in [-0.39, 0.29) is 5.41 Å². The van der Waals surface area contributed by atoms with Crippen molar-refractivity contribution in [1.82, 2.24) is 14.9 Å². The van der Waals surface area contributed by atoms with Crippen molar-refractivity contribution in [3.05, 3.63) is 17.2 Å². The molecule has 0 aromatic carbocycles. The smallest absolute Gasteiger partial charge is 0.106 e. The first-order chi connectivity index (χ1) is 9.43. The Morgan fingerprint density at radius 1 is 1.25 bits per heavy atom. The Hall–Kier alpha value is -0.830. The van der Waals surface area contributed by atoms with E-state index in [0.717, 1.165) is 13.1 Å². The second-order valence-electron chi connectivity index (χ2n) is 7.24. The first kappa shape index (κ1) is 15.6. The Labute approximate surface area is 124 Å². The van der Waals surface area contributed by atoms with Gasteiger partial charge in [-0.15, -0.1) is 0 Å². The molecule has 1 aromatic heterocycles. The molecule has 1 heterocycles. The molecule has 0 radical (unpaired) electrons. The van der Waals surface area contributed by atoms with Gasteiger partial charge in [0.25, 0.3) is 0 Å². The molecule has 1 aliphatic rings. The van der Waals surface area contributed by atoms with Crippen molar-refractivity contribution in [2.24, 2.45) is 5.41 Å². The molecule has 0 fully saturated rings. The van der Waals surface area contributed by atoms with E-state index >= 15 is 0 Å². The zero-order chi connectivity index (χ0) is 14.8. The lowest BCUT2D eigenvalue weighted by Crippen LogP contribution is -2.44. The fourth-order valence-electron chi connectivity index (χ4n) is 3.12. The summed E-state index contributed by atoms with van der Waals surface area (Å²) in [6.45, 7) is 13.5. The van der Waals surface area contributed by atoms with Crippen LogP contribution in [0.3, 0.4) is 0 Å². The summed E-state index contributed by atoms with van der Waals surface area (Å²) < 4.78 is 2.48. The number of rotatable bonds is 5. The average Bonchev–Trinajstić information content (AvgIpc) is 2.69. The van der Waals surface area contributed by atoms with Crippen LogP contribution in [0.15, 0.2) is 0 Å². The van der Waals surface area contributed by atoms with Gasteiger partial charge in [-0.1, -0.05) is 27.7 Å². The molecule has 1 atom stereocenters. The molecule has 2 rings (SSSR count). The van der Waals surface area contributed by atoms with Crippen LogP contribution in [0.25, 0.3) is 0 Å². The summed E-state index contributed by atoms with van der Waals surface area (Å²) in [4.78, 5) is 4.80. The molecular formula is C17H31N3. The maximum Gasteiger partial charge on any atom is 0.106 e. The summed E-state index contributed by atoms with van der Waals surface area (Å²) in [5.74, 6) is 1.20. The Morgan fingerprint density at radius 3 is 2.60 bits per heavy atom. The van der Waals surface area contributed by atoms with Gasteiger partial charge in [-0.25, -0.2) is 4.98 Å². The summed E-state index contributed by atoms with van der Waals surface area (Å²) in [5, 5.41) is 3.73. The number of fused-ring (bicyclic) bond motifs is 1. The molecule has 3 heteroatoms. The fraction of sp³-hybridized carbons (Fsp3) is 0.824. The fourth-order valence-corrected chi connectivity index (χ4v) is 3.12. The van der Waals surface area contributed by atoms with Crippen LogP contribution < -0.4 is 5.32 Å². The molecule has 1 unspecified atom stereocenters. The molecule has 0 aliphatic heterocycles. The highest BCUT2D eigenvalue weighted by atomic mass is 15.1. The molecule has 0 saturated heterocycles. The normalized spacial score (nSPS) is 17.1. The minimum absolute atomic E-state index is 0.271. The van der Waals surface area contributed by atoms with Crippen LogP contribution in [-0.2, 0) is 19.4 Å². The molecule has 1 N–H and O–H groups in total. The lowest BCUT2D eigenvalue weighted by molar-refractivity contribution is 0.239. The number of imidazole rings is 1. The maximum atomic E-state index is 4.80. The Bertz CT molecular complexity index is 440. The van der Waals surface area contributed by atoms with Crippen LogP contribution in [0.5, 0.6) is 0 Å². The topological polar surface area (TPSA) is 29.9 Å². The van der Waals surface area contributed by atoms with E-state index in [1.54, 1.807) is 0 Å². The zero-order valence-electron chi connectivity index (χ0n) is 13.9. The Kier molecular flexibility index (Phi) is 4.90. The number of nitrogens with one attached hydrogen (secondary N) is 1. The van der Waals surface area contributed by atoms with Gasteiger partial charge in [-0.2, -0.15) is 0 Å². The number of aromatic nitrogens is 2. The lowest BCUT2D eigenvalue weighted by atomic mass is 9.86. The van der Waals surface area contributed by atoms with Crippen LogP contribution in [0, 0.1) is 12.3 Å². The van der Waals surface area contributed by atoms with Crippen molar-refractivity contribution in [2.45, 2.75) is 79.3 Å². The number of hydrogen-bond acceptors (Lipinski definition) is 2. The van der Waals surface area contributed by atoms with E-state index in [0.29, 0.717) is 6.04 Å². The molecule has 0 saturated carbocycles. The summed E-state index contributed by atoms with van der Waals surface area (Å²) in [5.41, 5.74) is 3.13. The van der Waals surface area contributed by atoms with Gasteiger partial charge in [-0.3, -0.25) is 0 Å². The van der Waals surface area contributed by atoms with E-state index in [9.17, 15) is 0 Å². The van der Waals surface area contributed by atoms with E-state index in [4.69, 9.17) is 4.98 Å². The van der Waals surface area contributed by atoms with E-state index in [1.807, 2.05) is 0 Å². The van der Waals surface area contributed by atoms with Crippen molar-refractivity contribution in [3.63, 3.8) is 0 Å². The summed E-state index contributed by atoms with van der Waals surface area (Å²) in [6, 6.07) is 0.501. The highest BCUT2D eigenvalue weighted by Crippen LogP contribution is 2.26. The standard InChI is InChI=1S/C17H31N3/c1-6-11-18-16(17(3,4)5)12-20-13(2)19-14-9-7-8-10-15(14)20/h16,18H,6-12H2,1-5H3. The second kappa shape index (κ2) is 6.30. The van der Waals surface area contributed by atoms with Crippen LogP contribution in [0.1, 0.15) is 64.2 Å². The predicted molar refractivity (Wildman–Crippen MR) is 85.1 cm³/mol. The summed E-state index contributed by atoms with van der Waals surface area (Å²) in [7, 11) is 0. The number of hydrogen-bond donors (Lipinski definition) is 1. The highest BCUT2D eigenvalue weighted by Gasteiger charge is 2.27. The van der Waals surface area contributed by atoms with Crippen molar-refractivity contribution < 1.29 is 0 Å². The maximum absolute atomic E-state index is 4.80. The molecule has 1 aromatic rings. The Morgan fingerprint density at radius 2 is 1.95 bits per heavy atom. The predicted octanol–water partition coefficient (Wildman–Crippen LogP) is 3.48. The number of aryl methyl sites for hydroxylation is 2. The third kappa shape index (κ3) is 3.43. The zero-order valence-corrected chi connectivity index (χ0v) is 13.9. The van der Waals surface area contributed by atoms with E-state index in [1.165, 1.54) is 49.3 Å². The van der Waals surface area contributed by atoms with Crippen LogP contribution >= 0.6 is 0 Å². The molecule has 0 amide bonds.